The van der Waals surface area contributed by atoms with Gasteiger partial charge in [0.25, 0.3) is 0 Å². The highest BCUT2D eigenvalue weighted by Gasteiger charge is 2.42. The molecule has 0 saturated carbocycles. The normalized spacial score (nSPS) is 22.7. The fourth-order valence-corrected chi connectivity index (χ4v) is 4.57. The fraction of sp³-hybridized carbons (Fsp3) is 0.571. The molecule has 0 aliphatic carbocycles. The molecule has 2 aliphatic heterocycles. The summed E-state index contributed by atoms with van der Waals surface area (Å²) in [5.74, 6) is -0.550. The van der Waals surface area contributed by atoms with Crippen molar-refractivity contribution >= 4 is 26.0 Å². The second-order valence-electron chi connectivity index (χ2n) is 5.29. The Bertz CT molecular complexity index is 586. The summed E-state index contributed by atoms with van der Waals surface area (Å²) in [4.78, 5) is 0.344. The molecule has 2 saturated heterocycles. The van der Waals surface area contributed by atoms with E-state index in [1.54, 1.807) is 12.1 Å². The molecule has 0 unspecified atom stereocenters. The standard InChI is InChI=1S/C14H18BrNO4S/c15-11-12-1-3-13(4-2-12)21(17,18)16-7-5-14(6-8-16)19-9-10-20-14/h1-4H,5-11H2. The Kier molecular flexibility index (Phi) is 4.38. The van der Waals surface area contributed by atoms with Gasteiger partial charge >= 0.3 is 0 Å². The Balaban J connectivity index is 1.73. The van der Waals surface area contributed by atoms with E-state index in [0.717, 1.165) is 5.56 Å². The zero-order valence-corrected chi connectivity index (χ0v) is 14.0. The first-order chi connectivity index (χ1) is 10.1. The summed E-state index contributed by atoms with van der Waals surface area (Å²) in [6.07, 6.45) is 1.18. The average molecular weight is 376 g/mol. The number of sulfonamides is 1. The Labute approximate surface area is 133 Å². The maximum absolute atomic E-state index is 12.6. The minimum Gasteiger partial charge on any atom is -0.347 e. The number of alkyl halides is 1. The first-order valence-corrected chi connectivity index (χ1v) is 9.55. The van der Waals surface area contributed by atoms with Crippen molar-refractivity contribution in [2.24, 2.45) is 0 Å². The lowest BCUT2D eigenvalue weighted by Crippen LogP contribution is -2.47. The monoisotopic (exact) mass is 375 g/mol. The van der Waals surface area contributed by atoms with Crippen molar-refractivity contribution in [1.29, 1.82) is 0 Å². The molecule has 0 amide bonds. The molecule has 2 aliphatic rings. The lowest BCUT2D eigenvalue weighted by molar-refractivity contribution is -0.179. The average Bonchev–Trinajstić information content (AvgIpc) is 2.96. The predicted molar refractivity (Wildman–Crippen MR) is 81.7 cm³/mol. The van der Waals surface area contributed by atoms with E-state index in [1.165, 1.54) is 4.31 Å². The van der Waals surface area contributed by atoms with Gasteiger partial charge in [-0.3, -0.25) is 0 Å². The van der Waals surface area contributed by atoms with Gasteiger partial charge in [0, 0.05) is 31.3 Å². The van der Waals surface area contributed by atoms with Gasteiger partial charge < -0.3 is 9.47 Å². The lowest BCUT2D eigenvalue weighted by atomic mass is 10.1. The minimum absolute atomic E-state index is 0.344. The highest BCUT2D eigenvalue weighted by atomic mass is 79.9. The van der Waals surface area contributed by atoms with Crippen molar-refractivity contribution in [3.05, 3.63) is 29.8 Å². The summed E-state index contributed by atoms with van der Waals surface area (Å²) in [7, 11) is -3.43. The number of benzene rings is 1. The molecule has 1 spiro atoms. The van der Waals surface area contributed by atoms with E-state index in [1.807, 2.05) is 12.1 Å². The van der Waals surface area contributed by atoms with Crippen molar-refractivity contribution in [3.63, 3.8) is 0 Å². The molecule has 0 aromatic heterocycles. The second kappa shape index (κ2) is 5.96. The molecule has 0 atom stereocenters. The lowest BCUT2D eigenvalue weighted by Gasteiger charge is -2.36. The van der Waals surface area contributed by atoms with Crippen molar-refractivity contribution in [3.8, 4) is 0 Å². The largest absolute Gasteiger partial charge is 0.347 e. The van der Waals surface area contributed by atoms with E-state index in [0.29, 0.717) is 49.4 Å². The van der Waals surface area contributed by atoms with Gasteiger partial charge in [-0.15, -0.1) is 0 Å². The number of halogens is 1. The van der Waals surface area contributed by atoms with Crippen LogP contribution in [0.2, 0.25) is 0 Å². The van der Waals surface area contributed by atoms with Crippen LogP contribution in [0.25, 0.3) is 0 Å². The molecule has 21 heavy (non-hydrogen) atoms. The summed E-state index contributed by atoms with van der Waals surface area (Å²) in [6.45, 7) is 2.06. The van der Waals surface area contributed by atoms with E-state index in [2.05, 4.69) is 15.9 Å². The van der Waals surface area contributed by atoms with Crippen LogP contribution in [-0.4, -0.2) is 44.8 Å². The van der Waals surface area contributed by atoms with Crippen LogP contribution < -0.4 is 0 Å². The quantitative estimate of drug-likeness (QED) is 0.759. The SMILES string of the molecule is O=S(=O)(c1ccc(CBr)cc1)N1CCC2(CC1)OCCO2. The zero-order valence-electron chi connectivity index (χ0n) is 11.6. The van der Waals surface area contributed by atoms with Gasteiger partial charge in [-0.1, -0.05) is 28.1 Å². The Morgan fingerprint density at radius 1 is 1.10 bits per heavy atom. The van der Waals surface area contributed by atoms with Crippen LogP contribution in [0.3, 0.4) is 0 Å². The summed E-state index contributed by atoms with van der Waals surface area (Å²) in [6, 6.07) is 6.99. The molecule has 116 valence electrons. The van der Waals surface area contributed by atoms with Crippen LogP contribution >= 0.6 is 15.9 Å². The van der Waals surface area contributed by atoms with Crippen molar-refractivity contribution in [2.45, 2.75) is 28.9 Å². The van der Waals surface area contributed by atoms with Crippen LogP contribution in [0, 0.1) is 0 Å². The van der Waals surface area contributed by atoms with Crippen molar-refractivity contribution in [1.82, 2.24) is 4.31 Å². The van der Waals surface area contributed by atoms with Crippen molar-refractivity contribution in [2.75, 3.05) is 26.3 Å². The third-order valence-corrected chi connectivity index (χ3v) is 6.57. The molecule has 2 fully saturated rings. The van der Waals surface area contributed by atoms with Gasteiger partial charge in [-0.2, -0.15) is 4.31 Å². The van der Waals surface area contributed by atoms with Gasteiger partial charge in [0.2, 0.25) is 10.0 Å². The molecular formula is C14H18BrNO4S. The van der Waals surface area contributed by atoms with Crippen molar-refractivity contribution < 1.29 is 17.9 Å². The third kappa shape index (κ3) is 3.03. The predicted octanol–water partition coefficient (Wildman–Crippen LogP) is 2.11. The first-order valence-electron chi connectivity index (χ1n) is 6.99. The van der Waals surface area contributed by atoms with Crippen LogP contribution in [0.4, 0.5) is 0 Å². The first kappa shape index (κ1) is 15.4. The van der Waals surface area contributed by atoms with Crippen LogP contribution in [0.15, 0.2) is 29.2 Å². The summed E-state index contributed by atoms with van der Waals surface area (Å²) in [5.41, 5.74) is 1.05. The molecule has 2 heterocycles. The number of nitrogens with zero attached hydrogens (tertiary/aromatic N) is 1. The second-order valence-corrected chi connectivity index (χ2v) is 7.79. The Morgan fingerprint density at radius 2 is 1.67 bits per heavy atom. The van der Waals surface area contributed by atoms with Gasteiger partial charge in [0.1, 0.15) is 0 Å². The van der Waals surface area contributed by atoms with Gasteiger partial charge in [-0.05, 0) is 17.7 Å². The Hall–Kier alpha value is -0.470. The maximum Gasteiger partial charge on any atom is 0.243 e. The minimum atomic E-state index is -3.43. The summed E-state index contributed by atoms with van der Waals surface area (Å²) >= 11 is 3.36. The molecule has 1 aromatic rings. The zero-order chi connectivity index (χ0) is 14.9. The molecule has 5 nitrogen and oxygen atoms in total. The topological polar surface area (TPSA) is 55.8 Å². The molecule has 1 aromatic carbocycles. The molecule has 7 heteroatoms. The van der Waals surface area contributed by atoms with Crippen LogP contribution in [0.1, 0.15) is 18.4 Å². The highest BCUT2D eigenvalue weighted by molar-refractivity contribution is 9.08. The van der Waals surface area contributed by atoms with E-state index in [-0.39, 0.29) is 0 Å². The fourth-order valence-electron chi connectivity index (χ4n) is 2.75. The van der Waals surface area contributed by atoms with Gasteiger partial charge in [-0.25, -0.2) is 8.42 Å². The number of ether oxygens (including phenoxy) is 2. The van der Waals surface area contributed by atoms with E-state index < -0.39 is 15.8 Å². The molecule has 0 N–H and O–H groups in total. The molecule has 3 rings (SSSR count). The third-order valence-electron chi connectivity index (χ3n) is 4.01. The van der Waals surface area contributed by atoms with E-state index in [4.69, 9.17) is 9.47 Å². The number of hydrogen-bond donors (Lipinski definition) is 0. The molecule has 0 bridgehead atoms. The van der Waals surface area contributed by atoms with Crippen LogP contribution in [0.5, 0.6) is 0 Å². The smallest absolute Gasteiger partial charge is 0.243 e. The Morgan fingerprint density at radius 3 is 2.19 bits per heavy atom. The van der Waals surface area contributed by atoms with Gasteiger partial charge in [0.05, 0.1) is 18.1 Å². The summed E-state index contributed by atoms with van der Waals surface area (Å²) in [5, 5.41) is 0.717. The van der Waals surface area contributed by atoms with E-state index >= 15 is 0 Å². The number of piperidine rings is 1. The van der Waals surface area contributed by atoms with Crippen LogP contribution in [-0.2, 0) is 24.8 Å². The highest BCUT2D eigenvalue weighted by Crippen LogP contribution is 2.33. The summed E-state index contributed by atoms with van der Waals surface area (Å²) < 4.78 is 38.0. The molecule has 0 radical (unpaired) electrons. The maximum atomic E-state index is 12.6. The molecular weight excluding hydrogens is 358 g/mol. The van der Waals surface area contributed by atoms with Gasteiger partial charge in [0.15, 0.2) is 5.79 Å². The number of hydrogen-bond acceptors (Lipinski definition) is 4. The number of rotatable bonds is 3. The van der Waals surface area contributed by atoms with E-state index in [9.17, 15) is 8.42 Å².